The second-order valence-corrected chi connectivity index (χ2v) is 11.7. The molecule has 1 heterocycles. The Kier molecular flexibility index (Phi) is 7.61. The summed E-state index contributed by atoms with van der Waals surface area (Å²) in [6.07, 6.45) is 0. The molecule has 1 amide bonds. The number of para-hydroxylation sites is 1. The van der Waals surface area contributed by atoms with Crippen LogP contribution in [0, 0.1) is 0 Å². The Hall–Kier alpha value is -2.99. The fourth-order valence-electron chi connectivity index (χ4n) is 3.91. The number of amides is 1. The van der Waals surface area contributed by atoms with Crippen LogP contribution in [-0.2, 0) is 10.8 Å². The first-order valence-electron chi connectivity index (χ1n) is 11.7. The van der Waals surface area contributed by atoms with E-state index in [2.05, 4.69) is 16.0 Å². The molecular weight excluding hydrogens is 442 g/mol. The Bertz CT molecular complexity index is 1090. The minimum absolute atomic E-state index is 0.157. The molecule has 0 aliphatic carbocycles. The summed E-state index contributed by atoms with van der Waals surface area (Å²) in [7, 11) is 0. The van der Waals surface area contributed by atoms with Crippen molar-refractivity contribution < 1.29 is 9.90 Å². The lowest BCUT2D eigenvalue weighted by atomic mass is 9.78. The van der Waals surface area contributed by atoms with Crippen molar-refractivity contribution in [2.45, 2.75) is 65.3 Å². The van der Waals surface area contributed by atoms with Crippen LogP contribution in [0.1, 0.15) is 81.6 Å². The highest BCUT2D eigenvalue weighted by Gasteiger charge is 2.28. The zero-order chi connectivity index (χ0) is 25.1. The lowest BCUT2D eigenvalue weighted by Crippen LogP contribution is -2.28. The third kappa shape index (κ3) is 6.11. The zero-order valence-electron chi connectivity index (χ0n) is 21.2. The second kappa shape index (κ2) is 10.1. The van der Waals surface area contributed by atoms with Gasteiger partial charge in [0.05, 0.1) is 17.7 Å². The molecule has 0 saturated carbocycles. The molecule has 182 valence electrons. The molecule has 0 spiro atoms. The Balaban J connectivity index is 1.82. The Morgan fingerprint density at radius 1 is 0.941 bits per heavy atom. The zero-order valence-corrected chi connectivity index (χ0v) is 22.1. The van der Waals surface area contributed by atoms with Crippen LogP contribution < -0.4 is 16.0 Å². The van der Waals surface area contributed by atoms with E-state index in [-0.39, 0.29) is 28.5 Å². The number of carbonyl (C=O) groups excluding carboxylic acids is 1. The molecule has 5 nitrogen and oxygen atoms in total. The molecule has 1 aromatic heterocycles. The van der Waals surface area contributed by atoms with Crippen molar-refractivity contribution in [2.24, 2.45) is 0 Å². The quantitative estimate of drug-likeness (QED) is 0.275. The first-order valence-corrected chi connectivity index (χ1v) is 12.5. The molecule has 2 aromatic carbocycles. The van der Waals surface area contributed by atoms with E-state index < -0.39 is 0 Å². The summed E-state index contributed by atoms with van der Waals surface area (Å²) in [5.74, 6) is 0.118. The third-order valence-corrected chi connectivity index (χ3v) is 6.65. The van der Waals surface area contributed by atoms with Crippen molar-refractivity contribution in [3.05, 3.63) is 76.2 Å². The van der Waals surface area contributed by atoms with Gasteiger partial charge in [0, 0.05) is 22.4 Å². The van der Waals surface area contributed by atoms with Crippen molar-refractivity contribution in [3.63, 3.8) is 0 Å². The van der Waals surface area contributed by atoms with E-state index in [9.17, 15) is 9.90 Å². The predicted octanol–water partition coefficient (Wildman–Crippen LogP) is 7.02. The van der Waals surface area contributed by atoms with Crippen LogP contribution in [0.4, 0.5) is 10.7 Å². The van der Waals surface area contributed by atoms with Crippen LogP contribution in [0.2, 0.25) is 0 Å². The molecule has 0 aliphatic heterocycles. The van der Waals surface area contributed by atoms with E-state index in [1.165, 1.54) is 0 Å². The SMILES string of the molecule is CC(NC(=O)c1cc(C(C)(C)C)c(O)c(C(C)(C)C)c1)c1ccccc1NCNc1cccs1. The van der Waals surface area contributed by atoms with Gasteiger partial charge in [-0.1, -0.05) is 59.7 Å². The number of nitrogens with one attached hydrogen (secondary N) is 3. The van der Waals surface area contributed by atoms with E-state index in [1.54, 1.807) is 11.3 Å². The van der Waals surface area contributed by atoms with Crippen LogP contribution in [0.3, 0.4) is 0 Å². The van der Waals surface area contributed by atoms with Crippen LogP contribution in [0.25, 0.3) is 0 Å². The number of hydrogen-bond acceptors (Lipinski definition) is 5. The molecule has 4 N–H and O–H groups in total. The number of anilines is 2. The van der Waals surface area contributed by atoms with Gasteiger partial charge in [0.15, 0.2) is 0 Å². The fourth-order valence-corrected chi connectivity index (χ4v) is 4.52. The molecule has 34 heavy (non-hydrogen) atoms. The molecule has 0 bridgehead atoms. The van der Waals surface area contributed by atoms with E-state index in [0.29, 0.717) is 12.2 Å². The number of hydrogen-bond donors (Lipinski definition) is 4. The van der Waals surface area contributed by atoms with Gasteiger partial charge in [-0.25, -0.2) is 0 Å². The van der Waals surface area contributed by atoms with Gasteiger partial charge in [0.25, 0.3) is 5.91 Å². The lowest BCUT2D eigenvalue weighted by Gasteiger charge is -2.28. The van der Waals surface area contributed by atoms with E-state index >= 15 is 0 Å². The fraction of sp³-hybridized carbons (Fsp3) is 0.393. The molecule has 0 saturated heterocycles. The molecule has 1 atom stereocenters. The smallest absolute Gasteiger partial charge is 0.251 e. The highest BCUT2D eigenvalue weighted by Crippen LogP contribution is 2.40. The van der Waals surface area contributed by atoms with Gasteiger partial charge in [-0.2, -0.15) is 0 Å². The number of carbonyl (C=O) groups is 1. The summed E-state index contributed by atoms with van der Waals surface area (Å²) < 4.78 is 0. The average Bonchev–Trinajstić information content (AvgIpc) is 3.26. The number of rotatable bonds is 7. The first kappa shape index (κ1) is 25.6. The second-order valence-electron chi connectivity index (χ2n) is 10.7. The summed E-state index contributed by atoms with van der Waals surface area (Å²) in [4.78, 5) is 13.4. The number of thiophene rings is 1. The lowest BCUT2D eigenvalue weighted by molar-refractivity contribution is 0.0939. The molecule has 3 aromatic rings. The Labute approximate surface area is 207 Å². The molecule has 6 heteroatoms. The van der Waals surface area contributed by atoms with E-state index in [1.807, 2.05) is 102 Å². The van der Waals surface area contributed by atoms with E-state index in [0.717, 1.165) is 27.4 Å². The average molecular weight is 480 g/mol. The summed E-state index contributed by atoms with van der Waals surface area (Å²) in [5.41, 5.74) is 3.50. The van der Waals surface area contributed by atoms with Gasteiger partial charge < -0.3 is 21.1 Å². The van der Waals surface area contributed by atoms with Crippen molar-refractivity contribution in [1.29, 1.82) is 0 Å². The van der Waals surface area contributed by atoms with Crippen molar-refractivity contribution in [3.8, 4) is 5.75 Å². The minimum Gasteiger partial charge on any atom is -0.507 e. The third-order valence-electron chi connectivity index (χ3n) is 5.83. The van der Waals surface area contributed by atoms with Gasteiger partial charge in [0.1, 0.15) is 5.75 Å². The largest absolute Gasteiger partial charge is 0.507 e. The van der Waals surface area contributed by atoms with Gasteiger partial charge in [-0.15, -0.1) is 11.3 Å². The van der Waals surface area contributed by atoms with E-state index in [4.69, 9.17) is 0 Å². The van der Waals surface area contributed by atoms with Crippen molar-refractivity contribution >= 4 is 27.9 Å². The predicted molar refractivity (Wildman–Crippen MR) is 144 cm³/mol. The normalized spacial score (nSPS) is 12.8. The minimum atomic E-state index is -0.294. The molecule has 0 aliphatic rings. The number of aromatic hydroxyl groups is 1. The molecule has 0 fully saturated rings. The van der Waals surface area contributed by atoms with Crippen molar-refractivity contribution in [1.82, 2.24) is 5.32 Å². The highest BCUT2D eigenvalue weighted by molar-refractivity contribution is 7.14. The molecule has 0 radical (unpaired) electrons. The summed E-state index contributed by atoms with van der Waals surface area (Å²) in [6.45, 7) is 14.8. The molecule has 1 unspecified atom stereocenters. The first-order chi connectivity index (χ1) is 15.9. The van der Waals surface area contributed by atoms with Gasteiger partial charge in [0.2, 0.25) is 0 Å². The van der Waals surface area contributed by atoms with Crippen LogP contribution in [-0.4, -0.2) is 17.7 Å². The van der Waals surface area contributed by atoms with Gasteiger partial charge in [-0.05, 0) is 59.0 Å². The number of benzene rings is 2. The summed E-state index contributed by atoms with van der Waals surface area (Å²) in [5, 5.41) is 24.0. The van der Waals surface area contributed by atoms with Crippen molar-refractivity contribution in [2.75, 3.05) is 17.3 Å². The van der Waals surface area contributed by atoms with Crippen LogP contribution in [0.15, 0.2) is 53.9 Å². The van der Waals surface area contributed by atoms with Gasteiger partial charge in [-0.3, -0.25) is 4.79 Å². The van der Waals surface area contributed by atoms with Crippen LogP contribution in [0.5, 0.6) is 5.75 Å². The molecule has 3 rings (SSSR count). The maximum absolute atomic E-state index is 13.4. The number of phenolic OH excluding ortho intramolecular Hbond substituents is 1. The highest BCUT2D eigenvalue weighted by atomic mass is 32.1. The standard InChI is InChI=1S/C28H37N3O2S/c1-18(20-11-8-9-12-23(20)29-17-30-24-13-10-14-34-24)31-26(33)19-15-21(27(2,3)4)25(32)22(16-19)28(5,6)7/h8-16,18,29-30,32H,17H2,1-7H3,(H,31,33). The Morgan fingerprint density at radius 3 is 2.12 bits per heavy atom. The monoisotopic (exact) mass is 479 g/mol. The summed E-state index contributed by atoms with van der Waals surface area (Å²) >= 11 is 1.66. The summed E-state index contributed by atoms with van der Waals surface area (Å²) in [6, 6.07) is 15.5. The number of phenols is 1. The maximum atomic E-state index is 13.4. The topological polar surface area (TPSA) is 73.4 Å². The van der Waals surface area contributed by atoms with Gasteiger partial charge >= 0.3 is 0 Å². The Morgan fingerprint density at radius 2 is 1.56 bits per heavy atom. The maximum Gasteiger partial charge on any atom is 0.251 e. The van der Waals surface area contributed by atoms with Crippen LogP contribution >= 0.6 is 11.3 Å². The molecular formula is C28H37N3O2S.